The lowest BCUT2D eigenvalue weighted by Gasteiger charge is -2.23. The van der Waals surface area contributed by atoms with E-state index in [0.29, 0.717) is 5.92 Å². The molecule has 2 heterocycles. The van der Waals surface area contributed by atoms with E-state index >= 15 is 0 Å². The van der Waals surface area contributed by atoms with Crippen molar-refractivity contribution in [1.29, 1.82) is 0 Å². The molecule has 1 aromatic rings. The molecule has 2 N–H and O–H groups in total. The van der Waals surface area contributed by atoms with Crippen LogP contribution in [-0.4, -0.2) is 29.5 Å². The summed E-state index contributed by atoms with van der Waals surface area (Å²) in [6.07, 6.45) is 3.94. The zero-order valence-electron chi connectivity index (χ0n) is 9.56. The van der Waals surface area contributed by atoms with Crippen molar-refractivity contribution in [3.8, 4) is 0 Å². The summed E-state index contributed by atoms with van der Waals surface area (Å²) in [5, 5.41) is 17.0. The van der Waals surface area contributed by atoms with Crippen LogP contribution in [0.4, 0.5) is 11.5 Å². The minimum absolute atomic E-state index is 0.116. The Labute approximate surface area is 99.6 Å². The SMILES string of the molecule is O=[N+]([O-])c1ccc(NCC2CCCNC2)cn1. The maximum absolute atomic E-state index is 10.4. The van der Waals surface area contributed by atoms with E-state index in [1.54, 1.807) is 6.07 Å². The third kappa shape index (κ3) is 3.39. The molecule has 0 amide bonds. The van der Waals surface area contributed by atoms with Gasteiger partial charge in [0, 0.05) is 12.6 Å². The van der Waals surface area contributed by atoms with E-state index in [9.17, 15) is 10.1 Å². The van der Waals surface area contributed by atoms with E-state index in [1.807, 2.05) is 0 Å². The minimum atomic E-state index is -0.491. The van der Waals surface area contributed by atoms with Gasteiger partial charge in [-0.3, -0.25) is 0 Å². The van der Waals surface area contributed by atoms with Gasteiger partial charge in [-0.05, 0) is 47.8 Å². The highest BCUT2D eigenvalue weighted by molar-refractivity contribution is 5.43. The Kier molecular flexibility index (Phi) is 3.87. The number of rotatable bonds is 4. The maximum Gasteiger partial charge on any atom is 0.363 e. The lowest BCUT2D eigenvalue weighted by molar-refractivity contribution is -0.389. The van der Waals surface area contributed by atoms with Gasteiger partial charge in [0.25, 0.3) is 0 Å². The van der Waals surface area contributed by atoms with Gasteiger partial charge < -0.3 is 20.7 Å². The van der Waals surface area contributed by atoms with E-state index < -0.39 is 4.92 Å². The molecule has 0 radical (unpaired) electrons. The highest BCUT2D eigenvalue weighted by Crippen LogP contribution is 2.14. The summed E-state index contributed by atoms with van der Waals surface area (Å²) in [6, 6.07) is 3.11. The molecule has 2 rings (SSSR count). The van der Waals surface area contributed by atoms with Crippen LogP contribution >= 0.6 is 0 Å². The van der Waals surface area contributed by atoms with Gasteiger partial charge in [0.2, 0.25) is 0 Å². The molecule has 92 valence electrons. The van der Waals surface area contributed by atoms with Crippen LogP contribution in [0.5, 0.6) is 0 Å². The molecular weight excluding hydrogens is 220 g/mol. The second kappa shape index (κ2) is 5.58. The molecule has 1 saturated heterocycles. The van der Waals surface area contributed by atoms with Gasteiger partial charge in [-0.15, -0.1) is 0 Å². The number of hydrogen-bond donors (Lipinski definition) is 2. The Morgan fingerprint density at radius 1 is 1.59 bits per heavy atom. The Hall–Kier alpha value is -1.69. The molecule has 1 atom stereocenters. The minimum Gasteiger partial charge on any atom is -0.382 e. The fraction of sp³-hybridized carbons (Fsp3) is 0.545. The van der Waals surface area contributed by atoms with Crippen LogP contribution in [0.25, 0.3) is 0 Å². The molecule has 0 aliphatic carbocycles. The first kappa shape index (κ1) is 11.8. The normalized spacial score (nSPS) is 19.9. The van der Waals surface area contributed by atoms with E-state index in [2.05, 4.69) is 15.6 Å². The van der Waals surface area contributed by atoms with Gasteiger partial charge in [-0.2, -0.15) is 0 Å². The van der Waals surface area contributed by atoms with Crippen molar-refractivity contribution < 1.29 is 4.92 Å². The summed E-state index contributed by atoms with van der Waals surface area (Å²) < 4.78 is 0. The Morgan fingerprint density at radius 3 is 3.06 bits per heavy atom. The third-order valence-corrected chi connectivity index (χ3v) is 2.93. The zero-order valence-corrected chi connectivity index (χ0v) is 9.56. The van der Waals surface area contributed by atoms with Gasteiger partial charge in [-0.25, -0.2) is 0 Å². The van der Waals surface area contributed by atoms with Crippen LogP contribution in [-0.2, 0) is 0 Å². The van der Waals surface area contributed by atoms with E-state index in [4.69, 9.17) is 0 Å². The van der Waals surface area contributed by atoms with Crippen molar-refractivity contribution >= 4 is 11.5 Å². The average molecular weight is 236 g/mol. The molecule has 6 heteroatoms. The van der Waals surface area contributed by atoms with E-state index in [0.717, 1.165) is 25.3 Å². The molecule has 6 nitrogen and oxygen atoms in total. The molecule has 17 heavy (non-hydrogen) atoms. The summed E-state index contributed by atoms with van der Waals surface area (Å²) in [5.41, 5.74) is 0.834. The topological polar surface area (TPSA) is 80.1 Å². The highest BCUT2D eigenvalue weighted by atomic mass is 16.6. The third-order valence-electron chi connectivity index (χ3n) is 2.93. The first-order chi connectivity index (χ1) is 8.25. The van der Waals surface area contributed by atoms with Crippen LogP contribution in [0.15, 0.2) is 18.3 Å². The van der Waals surface area contributed by atoms with Gasteiger partial charge in [-0.1, -0.05) is 0 Å². The maximum atomic E-state index is 10.4. The molecule has 1 aromatic heterocycles. The first-order valence-corrected chi connectivity index (χ1v) is 5.81. The predicted octanol–water partition coefficient (Wildman–Crippen LogP) is 1.40. The number of pyridine rings is 1. The second-order valence-electron chi connectivity index (χ2n) is 4.26. The fourth-order valence-corrected chi connectivity index (χ4v) is 1.96. The first-order valence-electron chi connectivity index (χ1n) is 5.81. The van der Waals surface area contributed by atoms with Crippen molar-refractivity contribution in [2.24, 2.45) is 5.92 Å². The second-order valence-corrected chi connectivity index (χ2v) is 4.26. The zero-order chi connectivity index (χ0) is 12.1. The fourth-order valence-electron chi connectivity index (χ4n) is 1.96. The number of hydrogen-bond acceptors (Lipinski definition) is 5. The summed E-state index contributed by atoms with van der Waals surface area (Å²) in [7, 11) is 0. The number of nitrogens with one attached hydrogen (secondary N) is 2. The van der Waals surface area contributed by atoms with Crippen LogP contribution in [0.1, 0.15) is 12.8 Å². The van der Waals surface area contributed by atoms with E-state index in [-0.39, 0.29) is 5.82 Å². The largest absolute Gasteiger partial charge is 0.382 e. The number of piperidine rings is 1. The number of nitrogens with zero attached hydrogens (tertiary/aromatic N) is 2. The Morgan fingerprint density at radius 2 is 2.47 bits per heavy atom. The number of anilines is 1. The molecule has 1 aliphatic heterocycles. The molecule has 0 spiro atoms. The summed E-state index contributed by atoms with van der Waals surface area (Å²) in [5.74, 6) is 0.508. The van der Waals surface area contributed by atoms with Crippen LogP contribution in [0.3, 0.4) is 0 Å². The van der Waals surface area contributed by atoms with Crippen molar-refractivity contribution in [1.82, 2.24) is 10.3 Å². The Bertz CT molecular complexity index is 374. The summed E-state index contributed by atoms with van der Waals surface area (Å²) in [4.78, 5) is 13.7. The summed E-state index contributed by atoms with van der Waals surface area (Å²) >= 11 is 0. The highest BCUT2D eigenvalue weighted by Gasteiger charge is 2.13. The van der Waals surface area contributed by atoms with E-state index in [1.165, 1.54) is 25.1 Å². The van der Waals surface area contributed by atoms with Gasteiger partial charge in [0.05, 0.1) is 5.69 Å². The average Bonchev–Trinajstić information content (AvgIpc) is 2.38. The number of nitro groups is 1. The van der Waals surface area contributed by atoms with Gasteiger partial charge in [0.1, 0.15) is 0 Å². The molecule has 0 aromatic carbocycles. The standard InChI is InChI=1S/C11H16N4O2/c16-15(17)11-4-3-10(8-14-11)13-7-9-2-1-5-12-6-9/h3-4,8-9,12-13H,1-2,5-7H2. The van der Waals surface area contributed by atoms with Crippen molar-refractivity contribution in [2.75, 3.05) is 25.0 Å². The monoisotopic (exact) mass is 236 g/mol. The molecule has 1 fully saturated rings. The predicted molar refractivity (Wildman–Crippen MR) is 65.0 cm³/mol. The van der Waals surface area contributed by atoms with Crippen molar-refractivity contribution in [2.45, 2.75) is 12.8 Å². The summed E-state index contributed by atoms with van der Waals surface area (Å²) in [6.45, 7) is 3.02. The van der Waals surface area contributed by atoms with Gasteiger partial charge >= 0.3 is 5.82 Å². The van der Waals surface area contributed by atoms with Gasteiger partial charge in [0.15, 0.2) is 6.20 Å². The molecule has 1 unspecified atom stereocenters. The smallest absolute Gasteiger partial charge is 0.363 e. The van der Waals surface area contributed by atoms with Crippen molar-refractivity contribution in [3.63, 3.8) is 0 Å². The van der Waals surface area contributed by atoms with Crippen molar-refractivity contribution in [3.05, 3.63) is 28.4 Å². The number of aromatic nitrogens is 1. The molecule has 0 saturated carbocycles. The molecule has 0 bridgehead atoms. The molecular formula is C11H16N4O2. The lowest BCUT2D eigenvalue weighted by atomic mass is 10.00. The lowest BCUT2D eigenvalue weighted by Crippen LogP contribution is -2.33. The quantitative estimate of drug-likeness (QED) is 0.610. The van der Waals surface area contributed by atoms with Crippen LogP contribution < -0.4 is 10.6 Å². The Balaban J connectivity index is 1.84. The van der Waals surface area contributed by atoms with Crippen LogP contribution in [0.2, 0.25) is 0 Å². The van der Waals surface area contributed by atoms with Crippen LogP contribution in [0, 0.1) is 16.0 Å². The molecule has 1 aliphatic rings.